The van der Waals surface area contributed by atoms with Crippen LogP contribution in [-0.2, 0) is 4.79 Å². The molecule has 5 heteroatoms. The van der Waals surface area contributed by atoms with E-state index in [0.29, 0.717) is 5.75 Å². The number of hydrogen-bond acceptors (Lipinski definition) is 3. The molecule has 0 aliphatic heterocycles. The molecule has 1 atom stereocenters. The fourth-order valence-corrected chi connectivity index (χ4v) is 2.09. The number of rotatable bonds is 6. The van der Waals surface area contributed by atoms with Gasteiger partial charge >= 0.3 is 0 Å². The molecular weight excluding hydrogens is 334 g/mol. The van der Waals surface area contributed by atoms with Gasteiger partial charge in [0.15, 0.2) is 0 Å². The van der Waals surface area contributed by atoms with Crippen molar-refractivity contribution in [2.75, 3.05) is 13.2 Å². The second kappa shape index (κ2) is 7.81. The first-order valence-electron chi connectivity index (χ1n) is 6.56. The average Bonchev–Trinajstić information content (AvgIpc) is 2.53. The molecule has 0 radical (unpaired) electrons. The molecule has 0 spiro atoms. The number of nitrogens with one attached hydrogen (secondary N) is 1. The van der Waals surface area contributed by atoms with Crippen molar-refractivity contribution in [3.05, 3.63) is 64.6 Å². The van der Waals surface area contributed by atoms with Gasteiger partial charge in [0.05, 0.1) is 6.61 Å². The Kier molecular flexibility index (Phi) is 5.78. The van der Waals surface area contributed by atoms with Gasteiger partial charge in [0.1, 0.15) is 5.75 Å². The molecule has 0 aliphatic rings. The molecule has 1 amide bonds. The van der Waals surface area contributed by atoms with Crippen LogP contribution in [0.3, 0.4) is 0 Å². The van der Waals surface area contributed by atoms with Crippen molar-refractivity contribution in [3.8, 4) is 5.75 Å². The van der Waals surface area contributed by atoms with Crippen molar-refractivity contribution >= 4 is 21.8 Å². The summed E-state index contributed by atoms with van der Waals surface area (Å²) in [5.41, 5.74) is 0.760. The molecule has 0 fully saturated rings. The third-order valence-corrected chi connectivity index (χ3v) is 3.35. The Morgan fingerprint density at radius 1 is 1.14 bits per heavy atom. The predicted molar refractivity (Wildman–Crippen MR) is 84.0 cm³/mol. The van der Waals surface area contributed by atoms with Gasteiger partial charge in [0.2, 0.25) is 6.10 Å². The standard InChI is InChI=1S/C16H16BrNO3/c17-13-6-8-14(9-7-13)21-15(16(20)18-10-11-19)12-4-2-1-3-5-12/h1-9,15,19H,10-11H2,(H,18,20). The number of benzene rings is 2. The van der Waals surface area contributed by atoms with E-state index < -0.39 is 6.10 Å². The molecule has 21 heavy (non-hydrogen) atoms. The predicted octanol–water partition coefficient (Wildman–Crippen LogP) is 2.68. The van der Waals surface area contributed by atoms with Gasteiger partial charge in [-0.25, -0.2) is 0 Å². The van der Waals surface area contributed by atoms with Crippen molar-refractivity contribution in [1.82, 2.24) is 5.32 Å². The van der Waals surface area contributed by atoms with Crippen LogP contribution in [0.25, 0.3) is 0 Å². The zero-order valence-electron chi connectivity index (χ0n) is 11.3. The lowest BCUT2D eigenvalue weighted by atomic mass is 10.1. The Hall–Kier alpha value is -1.85. The van der Waals surface area contributed by atoms with E-state index in [4.69, 9.17) is 9.84 Å². The van der Waals surface area contributed by atoms with Gasteiger partial charge in [-0.1, -0.05) is 46.3 Å². The Balaban J connectivity index is 2.19. The van der Waals surface area contributed by atoms with E-state index in [1.807, 2.05) is 42.5 Å². The second-order valence-corrected chi connectivity index (χ2v) is 5.29. The van der Waals surface area contributed by atoms with E-state index in [9.17, 15) is 4.79 Å². The summed E-state index contributed by atoms with van der Waals surface area (Å²) >= 11 is 3.36. The summed E-state index contributed by atoms with van der Waals surface area (Å²) in [5, 5.41) is 11.5. The number of carbonyl (C=O) groups is 1. The van der Waals surface area contributed by atoms with E-state index >= 15 is 0 Å². The van der Waals surface area contributed by atoms with E-state index in [1.54, 1.807) is 12.1 Å². The second-order valence-electron chi connectivity index (χ2n) is 4.38. The molecule has 0 heterocycles. The summed E-state index contributed by atoms with van der Waals surface area (Å²) in [5.74, 6) is 0.323. The molecule has 0 saturated carbocycles. The zero-order valence-corrected chi connectivity index (χ0v) is 12.9. The van der Waals surface area contributed by atoms with Gasteiger partial charge in [-0.3, -0.25) is 4.79 Å². The van der Waals surface area contributed by atoms with Crippen LogP contribution in [0, 0.1) is 0 Å². The van der Waals surface area contributed by atoms with Crippen molar-refractivity contribution < 1.29 is 14.6 Å². The van der Waals surface area contributed by atoms with Gasteiger partial charge < -0.3 is 15.2 Å². The van der Waals surface area contributed by atoms with E-state index in [2.05, 4.69) is 21.2 Å². The molecule has 2 aromatic carbocycles. The molecular formula is C16H16BrNO3. The van der Waals surface area contributed by atoms with Crippen molar-refractivity contribution in [1.29, 1.82) is 0 Å². The quantitative estimate of drug-likeness (QED) is 0.842. The summed E-state index contributed by atoms with van der Waals surface area (Å²) in [6.07, 6.45) is -0.751. The van der Waals surface area contributed by atoms with Crippen LogP contribution in [0.2, 0.25) is 0 Å². The third kappa shape index (κ3) is 4.58. The van der Waals surface area contributed by atoms with Crippen LogP contribution >= 0.6 is 15.9 Å². The summed E-state index contributed by atoms with van der Waals surface area (Å²) in [7, 11) is 0. The number of aliphatic hydroxyl groups excluding tert-OH is 1. The maximum Gasteiger partial charge on any atom is 0.265 e. The van der Waals surface area contributed by atoms with Crippen LogP contribution < -0.4 is 10.1 Å². The normalized spacial score (nSPS) is 11.7. The molecule has 2 aromatic rings. The Morgan fingerprint density at radius 3 is 2.43 bits per heavy atom. The first-order valence-corrected chi connectivity index (χ1v) is 7.36. The minimum Gasteiger partial charge on any atom is -0.476 e. The summed E-state index contributed by atoms with van der Waals surface area (Å²) in [6, 6.07) is 16.5. The van der Waals surface area contributed by atoms with Gasteiger partial charge in [-0.2, -0.15) is 0 Å². The minimum atomic E-state index is -0.751. The fraction of sp³-hybridized carbons (Fsp3) is 0.188. The maximum absolute atomic E-state index is 12.2. The molecule has 2 N–H and O–H groups in total. The highest BCUT2D eigenvalue weighted by Crippen LogP contribution is 2.23. The molecule has 0 bridgehead atoms. The van der Waals surface area contributed by atoms with Crippen LogP contribution in [0.4, 0.5) is 0 Å². The van der Waals surface area contributed by atoms with Gasteiger partial charge in [-0.05, 0) is 24.3 Å². The Morgan fingerprint density at radius 2 is 1.81 bits per heavy atom. The van der Waals surface area contributed by atoms with Crippen LogP contribution in [0.1, 0.15) is 11.7 Å². The molecule has 1 unspecified atom stereocenters. The molecule has 4 nitrogen and oxygen atoms in total. The molecule has 2 rings (SSSR count). The van der Waals surface area contributed by atoms with Gasteiger partial charge in [0, 0.05) is 16.6 Å². The Labute approximate surface area is 131 Å². The number of amides is 1. The highest BCUT2D eigenvalue weighted by atomic mass is 79.9. The first-order chi connectivity index (χ1) is 10.2. The zero-order chi connectivity index (χ0) is 15.1. The van der Waals surface area contributed by atoms with Crippen LogP contribution in [0.15, 0.2) is 59.1 Å². The Bertz CT molecular complexity index is 572. The fourth-order valence-electron chi connectivity index (χ4n) is 1.82. The average molecular weight is 350 g/mol. The SMILES string of the molecule is O=C(NCCO)C(Oc1ccc(Br)cc1)c1ccccc1. The van der Waals surface area contributed by atoms with Gasteiger partial charge in [0.25, 0.3) is 5.91 Å². The number of halogens is 1. The summed E-state index contributed by atoms with van der Waals surface area (Å²) < 4.78 is 6.74. The highest BCUT2D eigenvalue weighted by Gasteiger charge is 2.22. The highest BCUT2D eigenvalue weighted by molar-refractivity contribution is 9.10. The summed E-state index contributed by atoms with van der Waals surface area (Å²) in [6.45, 7) is 0.0946. The van der Waals surface area contributed by atoms with E-state index in [1.165, 1.54) is 0 Å². The largest absolute Gasteiger partial charge is 0.476 e. The molecule has 0 saturated heterocycles. The lowest BCUT2D eigenvalue weighted by Gasteiger charge is -2.19. The smallest absolute Gasteiger partial charge is 0.265 e. The van der Waals surface area contributed by atoms with Crippen molar-refractivity contribution in [2.45, 2.75) is 6.10 Å². The van der Waals surface area contributed by atoms with E-state index in [0.717, 1.165) is 10.0 Å². The lowest BCUT2D eigenvalue weighted by Crippen LogP contribution is -2.34. The van der Waals surface area contributed by atoms with Crippen molar-refractivity contribution in [3.63, 3.8) is 0 Å². The molecule has 0 aromatic heterocycles. The van der Waals surface area contributed by atoms with Crippen LogP contribution in [-0.4, -0.2) is 24.2 Å². The first kappa shape index (κ1) is 15.5. The monoisotopic (exact) mass is 349 g/mol. The number of aliphatic hydroxyl groups is 1. The maximum atomic E-state index is 12.2. The molecule has 110 valence electrons. The summed E-state index contributed by atoms with van der Waals surface area (Å²) in [4.78, 5) is 12.2. The lowest BCUT2D eigenvalue weighted by molar-refractivity contribution is -0.128. The number of carbonyl (C=O) groups excluding carboxylic acids is 1. The third-order valence-electron chi connectivity index (χ3n) is 2.82. The number of hydrogen-bond donors (Lipinski definition) is 2. The van der Waals surface area contributed by atoms with Crippen LogP contribution in [0.5, 0.6) is 5.75 Å². The topological polar surface area (TPSA) is 58.6 Å². The van der Waals surface area contributed by atoms with Crippen molar-refractivity contribution in [2.24, 2.45) is 0 Å². The minimum absolute atomic E-state index is 0.106. The van der Waals surface area contributed by atoms with Gasteiger partial charge in [-0.15, -0.1) is 0 Å². The molecule has 0 aliphatic carbocycles. The number of ether oxygens (including phenoxy) is 1. The van der Waals surface area contributed by atoms with E-state index in [-0.39, 0.29) is 19.1 Å².